The van der Waals surface area contributed by atoms with E-state index < -0.39 is 17.9 Å². The minimum Gasteiger partial charge on any atom is -0.305 e. The highest BCUT2D eigenvalue weighted by Crippen LogP contribution is 2.36. The summed E-state index contributed by atoms with van der Waals surface area (Å²) in [5.74, 6) is -0.247. The van der Waals surface area contributed by atoms with Gasteiger partial charge in [-0.1, -0.05) is 23.4 Å². The quantitative estimate of drug-likeness (QED) is 0.364. The van der Waals surface area contributed by atoms with Crippen molar-refractivity contribution in [2.75, 3.05) is 33.7 Å². The SMILES string of the molecule is CSc1ncc2c(n1)N(C)C(=O)N(c1cc(NC(=O)Nc3cnn(C(C)(C)C)c3)c(F)cc1Cl)C2. The van der Waals surface area contributed by atoms with Gasteiger partial charge in [0.2, 0.25) is 0 Å². The van der Waals surface area contributed by atoms with Gasteiger partial charge < -0.3 is 10.6 Å². The molecule has 184 valence electrons. The van der Waals surface area contributed by atoms with Crippen LogP contribution in [0.1, 0.15) is 26.3 Å². The molecule has 0 spiro atoms. The number of carbonyl (C=O) groups excluding carboxylic acids is 2. The van der Waals surface area contributed by atoms with E-state index in [1.165, 1.54) is 33.8 Å². The second kappa shape index (κ2) is 9.34. The molecule has 10 nitrogen and oxygen atoms in total. The Morgan fingerprint density at radius 1 is 1.23 bits per heavy atom. The lowest BCUT2D eigenvalue weighted by atomic mass is 10.1. The van der Waals surface area contributed by atoms with Crippen LogP contribution in [0.4, 0.5) is 36.9 Å². The molecule has 35 heavy (non-hydrogen) atoms. The number of urea groups is 2. The summed E-state index contributed by atoms with van der Waals surface area (Å²) >= 11 is 7.68. The fourth-order valence-electron chi connectivity index (χ4n) is 3.46. The number of anilines is 4. The standard InChI is InChI=1S/C22H24ClFN8O2S/c1-22(2,3)32-11-13(9-26-32)27-19(33)28-16-7-17(14(23)6-15(16)24)31-10-12-8-25-20(35-5)29-18(12)30(4)21(31)34/h6-9,11H,10H2,1-5H3,(H2,27,28,33). The van der Waals surface area contributed by atoms with Crippen LogP contribution in [0, 0.1) is 5.82 Å². The number of fused-ring (bicyclic) bond motifs is 1. The van der Waals surface area contributed by atoms with Crippen molar-refractivity contribution in [3.05, 3.63) is 47.1 Å². The number of carbonyl (C=O) groups is 2. The van der Waals surface area contributed by atoms with E-state index in [1.807, 2.05) is 27.0 Å². The van der Waals surface area contributed by atoms with Crippen LogP contribution in [-0.4, -0.2) is 45.1 Å². The number of hydrogen-bond acceptors (Lipinski definition) is 6. The first-order valence-corrected chi connectivity index (χ1v) is 12.2. The van der Waals surface area contributed by atoms with Gasteiger partial charge >= 0.3 is 12.1 Å². The summed E-state index contributed by atoms with van der Waals surface area (Å²) in [6.45, 7) is 6.05. The van der Waals surface area contributed by atoms with Crippen molar-refractivity contribution in [2.24, 2.45) is 0 Å². The number of nitrogens with one attached hydrogen (secondary N) is 2. The third kappa shape index (κ3) is 5.03. The van der Waals surface area contributed by atoms with E-state index in [-0.39, 0.29) is 28.5 Å². The zero-order valence-electron chi connectivity index (χ0n) is 19.8. The van der Waals surface area contributed by atoms with E-state index in [1.54, 1.807) is 24.1 Å². The number of nitrogens with zero attached hydrogens (tertiary/aromatic N) is 6. The number of halogens is 2. The van der Waals surface area contributed by atoms with E-state index >= 15 is 0 Å². The Hall–Kier alpha value is -3.38. The minimum absolute atomic E-state index is 0.0202. The molecule has 0 saturated carbocycles. The largest absolute Gasteiger partial charge is 0.330 e. The van der Waals surface area contributed by atoms with Gasteiger partial charge in [-0.2, -0.15) is 5.10 Å². The van der Waals surface area contributed by atoms with Crippen LogP contribution in [0.15, 0.2) is 35.9 Å². The molecule has 0 saturated heterocycles. The molecule has 0 fully saturated rings. The van der Waals surface area contributed by atoms with Crippen molar-refractivity contribution in [2.45, 2.75) is 38.0 Å². The highest BCUT2D eigenvalue weighted by Gasteiger charge is 2.32. The maximum absolute atomic E-state index is 14.7. The van der Waals surface area contributed by atoms with Crippen LogP contribution < -0.4 is 20.4 Å². The number of benzene rings is 1. The van der Waals surface area contributed by atoms with Crippen molar-refractivity contribution >= 4 is 58.3 Å². The number of aromatic nitrogens is 4. The van der Waals surface area contributed by atoms with E-state index in [2.05, 4.69) is 25.7 Å². The number of rotatable bonds is 4. The van der Waals surface area contributed by atoms with Crippen molar-refractivity contribution in [1.82, 2.24) is 19.7 Å². The fraction of sp³-hybridized carbons (Fsp3) is 0.318. The second-order valence-electron chi connectivity index (χ2n) is 8.84. The van der Waals surface area contributed by atoms with Crippen LogP contribution in [0.2, 0.25) is 5.02 Å². The zero-order chi connectivity index (χ0) is 25.5. The smallest absolute Gasteiger partial charge is 0.305 e. The molecular weight excluding hydrogens is 495 g/mol. The number of amides is 4. The maximum Gasteiger partial charge on any atom is 0.330 e. The van der Waals surface area contributed by atoms with Crippen molar-refractivity contribution in [3.8, 4) is 0 Å². The van der Waals surface area contributed by atoms with Gasteiger partial charge in [0.15, 0.2) is 5.16 Å². The molecule has 4 rings (SSSR count). The molecular formula is C22H24ClFN8O2S. The summed E-state index contributed by atoms with van der Waals surface area (Å²) in [4.78, 5) is 37.1. The molecule has 0 unspecified atom stereocenters. The third-order valence-electron chi connectivity index (χ3n) is 5.27. The Bertz CT molecular complexity index is 1310. The van der Waals surface area contributed by atoms with Gasteiger partial charge in [0.1, 0.15) is 11.6 Å². The summed E-state index contributed by atoms with van der Waals surface area (Å²) in [6, 6.07) is 1.31. The molecule has 1 aliphatic heterocycles. The van der Waals surface area contributed by atoms with Gasteiger partial charge in [-0.3, -0.25) is 14.5 Å². The molecule has 13 heteroatoms. The summed E-state index contributed by atoms with van der Waals surface area (Å²) in [5, 5.41) is 9.88. The first kappa shape index (κ1) is 24.7. The van der Waals surface area contributed by atoms with E-state index in [9.17, 15) is 14.0 Å². The van der Waals surface area contributed by atoms with Crippen LogP contribution in [-0.2, 0) is 12.1 Å². The second-order valence-corrected chi connectivity index (χ2v) is 10.0. The van der Waals surface area contributed by atoms with Crippen LogP contribution in [0.5, 0.6) is 0 Å². The molecule has 3 heterocycles. The Kier molecular flexibility index (Phi) is 6.60. The Morgan fingerprint density at radius 3 is 2.63 bits per heavy atom. The summed E-state index contributed by atoms with van der Waals surface area (Å²) in [7, 11) is 1.59. The van der Waals surface area contributed by atoms with Crippen LogP contribution in [0.25, 0.3) is 0 Å². The molecule has 1 aliphatic rings. The molecule has 2 N–H and O–H groups in total. The monoisotopic (exact) mass is 518 g/mol. The molecule has 2 aromatic heterocycles. The van der Waals surface area contributed by atoms with Gasteiger partial charge in [-0.15, -0.1) is 0 Å². The average Bonchev–Trinajstić information content (AvgIpc) is 3.27. The fourth-order valence-corrected chi connectivity index (χ4v) is 4.05. The van der Waals surface area contributed by atoms with Gasteiger partial charge in [0.05, 0.1) is 40.4 Å². The third-order valence-corrected chi connectivity index (χ3v) is 6.13. The highest BCUT2D eigenvalue weighted by atomic mass is 35.5. The summed E-state index contributed by atoms with van der Waals surface area (Å²) < 4.78 is 16.4. The van der Waals surface area contributed by atoms with Gasteiger partial charge in [-0.05, 0) is 39.2 Å². The topological polar surface area (TPSA) is 108 Å². The molecule has 0 bridgehead atoms. The van der Waals surface area contributed by atoms with Gasteiger partial charge in [-0.25, -0.2) is 23.9 Å². The van der Waals surface area contributed by atoms with Crippen molar-refractivity contribution in [3.63, 3.8) is 0 Å². The predicted molar refractivity (Wildman–Crippen MR) is 135 cm³/mol. The Labute approximate surface area is 210 Å². The Balaban J connectivity index is 1.57. The molecule has 4 amide bonds. The van der Waals surface area contributed by atoms with E-state index in [0.717, 1.165) is 6.07 Å². The van der Waals surface area contributed by atoms with E-state index in [0.29, 0.717) is 22.2 Å². The maximum atomic E-state index is 14.7. The summed E-state index contributed by atoms with van der Waals surface area (Å²) in [6.07, 6.45) is 6.66. The highest BCUT2D eigenvalue weighted by molar-refractivity contribution is 7.98. The lowest BCUT2D eigenvalue weighted by molar-refractivity contribution is 0.251. The molecule has 3 aromatic rings. The van der Waals surface area contributed by atoms with Gasteiger partial charge in [0, 0.05) is 25.0 Å². The summed E-state index contributed by atoms with van der Waals surface area (Å²) in [5.41, 5.74) is 0.984. The number of thioether (sulfide) groups is 1. The first-order chi connectivity index (χ1) is 16.5. The molecule has 1 aromatic carbocycles. The average molecular weight is 519 g/mol. The minimum atomic E-state index is -0.745. The first-order valence-electron chi connectivity index (χ1n) is 10.5. The lowest BCUT2D eigenvalue weighted by Gasteiger charge is -2.34. The van der Waals surface area contributed by atoms with Crippen LogP contribution >= 0.6 is 23.4 Å². The van der Waals surface area contributed by atoms with Crippen molar-refractivity contribution in [1.29, 1.82) is 0 Å². The van der Waals surface area contributed by atoms with Crippen molar-refractivity contribution < 1.29 is 14.0 Å². The molecule has 0 atom stereocenters. The normalized spacial score (nSPS) is 13.6. The predicted octanol–water partition coefficient (Wildman–Crippen LogP) is 5.16. The molecule has 0 aliphatic carbocycles. The zero-order valence-corrected chi connectivity index (χ0v) is 21.3. The van der Waals surface area contributed by atoms with E-state index in [4.69, 9.17) is 11.6 Å². The van der Waals surface area contributed by atoms with Crippen LogP contribution in [0.3, 0.4) is 0 Å². The Morgan fingerprint density at radius 2 is 1.97 bits per heavy atom. The lowest BCUT2D eigenvalue weighted by Crippen LogP contribution is -2.46. The molecule has 0 radical (unpaired) electrons. The van der Waals surface area contributed by atoms with Gasteiger partial charge in [0.25, 0.3) is 0 Å². The number of hydrogen-bond donors (Lipinski definition) is 2.